The Morgan fingerprint density at radius 3 is 2.48 bits per heavy atom. The summed E-state index contributed by atoms with van der Waals surface area (Å²) in [4.78, 5) is 5.22. The van der Waals surface area contributed by atoms with Crippen LogP contribution in [-0.2, 0) is 0 Å². The second kappa shape index (κ2) is 9.41. The quantitative estimate of drug-likeness (QED) is 0.828. The van der Waals surface area contributed by atoms with Crippen molar-refractivity contribution in [2.45, 2.75) is 38.6 Å². The monoisotopic (exact) mass is 347 g/mol. The molecule has 1 unspecified atom stereocenters. The number of phenolic OH excluding ortho intramolecular Hbond substituents is 1. The van der Waals surface area contributed by atoms with Crippen LogP contribution in [0.25, 0.3) is 0 Å². The summed E-state index contributed by atoms with van der Waals surface area (Å²) in [7, 11) is 0. The molecule has 2 saturated heterocycles. The average molecular weight is 348 g/mol. The topological polar surface area (TPSA) is 48.0 Å². The number of hydrogen-bond donors (Lipinski definition) is 2. The normalized spacial score (nSPS) is 21.6. The molecule has 2 aliphatic heterocycles. The Morgan fingerprint density at radius 2 is 1.80 bits per heavy atom. The van der Waals surface area contributed by atoms with Gasteiger partial charge in [0.2, 0.25) is 0 Å². The van der Waals surface area contributed by atoms with E-state index in [1.807, 2.05) is 13.0 Å². The number of rotatable bonds is 6. The Balaban J connectivity index is 1.80. The summed E-state index contributed by atoms with van der Waals surface area (Å²) in [6.45, 7) is 10.2. The van der Waals surface area contributed by atoms with Gasteiger partial charge in [-0.1, -0.05) is 18.9 Å². The number of nitrogens with zero attached hydrogens (tertiary/aromatic N) is 2. The van der Waals surface area contributed by atoms with Crippen molar-refractivity contribution in [3.63, 3.8) is 0 Å². The maximum atomic E-state index is 10.1. The second-order valence-corrected chi connectivity index (χ2v) is 7.18. The summed E-state index contributed by atoms with van der Waals surface area (Å²) in [5.74, 6) is 0.843. The maximum absolute atomic E-state index is 10.1. The molecule has 0 aliphatic carbocycles. The summed E-state index contributed by atoms with van der Waals surface area (Å²) in [6, 6.07) is 6.27. The summed E-state index contributed by atoms with van der Waals surface area (Å²) in [6.07, 6.45) is 5.35. The number of likely N-dealkylation sites (tertiary alicyclic amines) is 1. The number of aromatic hydroxyl groups is 1. The first-order chi connectivity index (χ1) is 12.3. The van der Waals surface area contributed by atoms with Crippen LogP contribution in [0.5, 0.6) is 11.5 Å². The molecule has 0 radical (unpaired) electrons. The molecular formula is C20H33N3O2. The highest BCUT2D eigenvalue weighted by atomic mass is 16.5. The highest BCUT2D eigenvalue weighted by Gasteiger charge is 2.25. The van der Waals surface area contributed by atoms with Gasteiger partial charge in [0, 0.05) is 38.8 Å². The predicted octanol–water partition coefficient (Wildman–Crippen LogP) is 2.61. The van der Waals surface area contributed by atoms with Crippen molar-refractivity contribution in [1.82, 2.24) is 15.1 Å². The number of phenols is 1. The van der Waals surface area contributed by atoms with Gasteiger partial charge < -0.3 is 20.1 Å². The molecule has 0 aromatic heterocycles. The first-order valence-electron chi connectivity index (χ1n) is 9.90. The third-order valence-corrected chi connectivity index (χ3v) is 5.39. The van der Waals surface area contributed by atoms with Gasteiger partial charge in [0.15, 0.2) is 11.5 Å². The lowest BCUT2D eigenvalue weighted by Crippen LogP contribution is -2.48. The molecule has 0 spiro atoms. The van der Waals surface area contributed by atoms with E-state index >= 15 is 0 Å². The minimum Gasteiger partial charge on any atom is -0.504 e. The van der Waals surface area contributed by atoms with Crippen molar-refractivity contribution in [1.29, 1.82) is 0 Å². The summed E-state index contributed by atoms with van der Waals surface area (Å²) < 4.78 is 5.63. The zero-order valence-corrected chi connectivity index (χ0v) is 15.5. The van der Waals surface area contributed by atoms with Crippen LogP contribution >= 0.6 is 0 Å². The van der Waals surface area contributed by atoms with Gasteiger partial charge in [-0.2, -0.15) is 0 Å². The SMILES string of the molecule is CCOc1cc(C(CN2CCCCCC2)N2CCNCC2)ccc1O. The lowest BCUT2D eigenvalue weighted by atomic mass is 10.0. The van der Waals surface area contributed by atoms with E-state index in [0.29, 0.717) is 18.4 Å². The standard InChI is InChI=1S/C20H33N3O2/c1-2-25-20-15-17(7-8-19(20)24)18(23-13-9-21-10-14-23)16-22-11-5-3-4-6-12-22/h7-8,15,18,21,24H,2-6,9-14,16H2,1H3. The molecular weight excluding hydrogens is 314 g/mol. The molecule has 2 heterocycles. The van der Waals surface area contributed by atoms with Crippen LogP contribution in [0.2, 0.25) is 0 Å². The fourth-order valence-corrected chi connectivity index (χ4v) is 4.00. The lowest BCUT2D eigenvalue weighted by molar-refractivity contribution is 0.125. The lowest BCUT2D eigenvalue weighted by Gasteiger charge is -2.38. The fraction of sp³-hybridized carbons (Fsp3) is 0.700. The molecule has 0 bridgehead atoms. The highest BCUT2D eigenvalue weighted by Crippen LogP contribution is 2.32. The van der Waals surface area contributed by atoms with Crippen LogP contribution in [0.1, 0.15) is 44.2 Å². The Morgan fingerprint density at radius 1 is 1.08 bits per heavy atom. The third kappa shape index (κ3) is 5.09. The van der Waals surface area contributed by atoms with Crippen LogP contribution in [0, 0.1) is 0 Å². The molecule has 1 aromatic rings. The summed E-state index contributed by atoms with van der Waals surface area (Å²) >= 11 is 0. The van der Waals surface area contributed by atoms with Gasteiger partial charge in [-0.15, -0.1) is 0 Å². The van der Waals surface area contributed by atoms with Crippen LogP contribution < -0.4 is 10.1 Å². The molecule has 2 aliphatic rings. The number of piperazine rings is 1. The molecule has 1 atom stereocenters. The minimum atomic E-state index is 0.236. The largest absolute Gasteiger partial charge is 0.504 e. The van der Waals surface area contributed by atoms with Gasteiger partial charge in [0.05, 0.1) is 6.61 Å². The van der Waals surface area contributed by atoms with Crippen molar-refractivity contribution in [3.8, 4) is 11.5 Å². The number of benzene rings is 1. The first-order valence-corrected chi connectivity index (χ1v) is 9.90. The van der Waals surface area contributed by atoms with Crippen LogP contribution in [0.4, 0.5) is 0 Å². The van der Waals surface area contributed by atoms with Crippen molar-refractivity contribution < 1.29 is 9.84 Å². The van der Waals surface area contributed by atoms with E-state index in [-0.39, 0.29) is 5.75 Å². The van der Waals surface area contributed by atoms with Gasteiger partial charge in [-0.25, -0.2) is 0 Å². The predicted molar refractivity (Wildman–Crippen MR) is 101 cm³/mol. The number of nitrogens with one attached hydrogen (secondary N) is 1. The van der Waals surface area contributed by atoms with E-state index in [1.54, 1.807) is 6.07 Å². The molecule has 25 heavy (non-hydrogen) atoms. The smallest absolute Gasteiger partial charge is 0.161 e. The first kappa shape index (κ1) is 18.5. The van der Waals surface area contributed by atoms with Crippen molar-refractivity contribution >= 4 is 0 Å². The van der Waals surface area contributed by atoms with Crippen molar-refractivity contribution in [3.05, 3.63) is 23.8 Å². The van der Waals surface area contributed by atoms with Crippen molar-refractivity contribution in [2.75, 3.05) is 52.4 Å². The van der Waals surface area contributed by atoms with Gasteiger partial charge >= 0.3 is 0 Å². The van der Waals surface area contributed by atoms with Gasteiger partial charge in [-0.05, 0) is 50.6 Å². The Hall–Kier alpha value is -1.30. The van der Waals surface area contributed by atoms with Gasteiger partial charge in [0.25, 0.3) is 0 Å². The van der Waals surface area contributed by atoms with E-state index in [9.17, 15) is 5.11 Å². The van der Waals surface area contributed by atoms with E-state index < -0.39 is 0 Å². The zero-order chi connectivity index (χ0) is 17.5. The molecule has 2 N–H and O–H groups in total. The average Bonchev–Trinajstić information content (AvgIpc) is 2.91. The summed E-state index contributed by atoms with van der Waals surface area (Å²) in [5.41, 5.74) is 1.26. The van der Waals surface area contributed by atoms with Crippen LogP contribution in [-0.4, -0.2) is 67.3 Å². The highest BCUT2D eigenvalue weighted by molar-refractivity contribution is 5.43. The molecule has 0 amide bonds. The number of hydrogen-bond acceptors (Lipinski definition) is 5. The van der Waals surface area contributed by atoms with E-state index in [4.69, 9.17) is 4.74 Å². The Bertz CT molecular complexity index is 524. The van der Waals surface area contributed by atoms with E-state index in [1.165, 1.54) is 44.3 Å². The van der Waals surface area contributed by atoms with Gasteiger partial charge in [-0.3, -0.25) is 4.90 Å². The van der Waals surface area contributed by atoms with E-state index in [0.717, 1.165) is 32.7 Å². The minimum absolute atomic E-state index is 0.236. The molecule has 5 heteroatoms. The Kier molecular flexibility index (Phi) is 6.96. The molecule has 5 nitrogen and oxygen atoms in total. The molecule has 2 fully saturated rings. The molecule has 3 rings (SSSR count). The van der Waals surface area contributed by atoms with E-state index in [2.05, 4.69) is 21.2 Å². The van der Waals surface area contributed by atoms with Crippen LogP contribution in [0.15, 0.2) is 18.2 Å². The third-order valence-electron chi connectivity index (χ3n) is 5.39. The Labute approximate surface area is 152 Å². The maximum Gasteiger partial charge on any atom is 0.161 e. The molecule has 1 aromatic carbocycles. The zero-order valence-electron chi connectivity index (χ0n) is 15.5. The molecule has 0 saturated carbocycles. The fourth-order valence-electron chi connectivity index (χ4n) is 4.00. The second-order valence-electron chi connectivity index (χ2n) is 7.18. The summed E-state index contributed by atoms with van der Waals surface area (Å²) in [5, 5.41) is 13.5. The van der Waals surface area contributed by atoms with Crippen molar-refractivity contribution in [2.24, 2.45) is 0 Å². The van der Waals surface area contributed by atoms with Gasteiger partial charge in [0.1, 0.15) is 0 Å². The molecule has 140 valence electrons. The number of ether oxygens (including phenoxy) is 1. The van der Waals surface area contributed by atoms with Crippen LogP contribution in [0.3, 0.4) is 0 Å².